The molecular formula is C35H68O4. The van der Waals surface area contributed by atoms with Crippen molar-refractivity contribution in [2.45, 2.75) is 188 Å². The molecule has 0 heterocycles. The van der Waals surface area contributed by atoms with E-state index in [4.69, 9.17) is 9.47 Å². The third-order valence-electron chi connectivity index (χ3n) is 8.29. The minimum Gasteiger partial charge on any atom is -0.466 e. The normalized spacial score (nSPS) is 12.8. The lowest BCUT2D eigenvalue weighted by Crippen LogP contribution is -2.25. The van der Waals surface area contributed by atoms with Crippen LogP contribution in [0.5, 0.6) is 0 Å². The predicted octanol–water partition coefficient (Wildman–Crippen LogP) is 11.1. The van der Waals surface area contributed by atoms with Crippen LogP contribution >= 0.6 is 0 Å². The second-order valence-electron chi connectivity index (χ2n) is 11.8. The van der Waals surface area contributed by atoms with E-state index < -0.39 is 0 Å². The van der Waals surface area contributed by atoms with Gasteiger partial charge < -0.3 is 9.47 Å². The maximum absolute atomic E-state index is 12.6. The van der Waals surface area contributed by atoms with Crippen molar-refractivity contribution in [3.8, 4) is 0 Å². The molecule has 4 nitrogen and oxygen atoms in total. The van der Waals surface area contributed by atoms with E-state index in [0.29, 0.717) is 25.6 Å². The zero-order valence-corrected chi connectivity index (χ0v) is 26.9. The summed E-state index contributed by atoms with van der Waals surface area (Å²) in [6.45, 7) is 9.98. The van der Waals surface area contributed by atoms with Crippen molar-refractivity contribution in [3.63, 3.8) is 0 Å². The quantitative estimate of drug-likeness (QED) is 0.0656. The van der Waals surface area contributed by atoms with E-state index in [9.17, 15) is 9.59 Å². The molecule has 4 heteroatoms. The fourth-order valence-corrected chi connectivity index (χ4v) is 5.60. The van der Waals surface area contributed by atoms with Crippen LogP contribution in [0.3, 0.4) is 0 Å². The molecule has 0 aromatic carbocycles. The Morgan fingerprint density at radius 3 is 1.38 bits per heavy atom. The van der Waals surface area contributed by atoms with E-state index in [1.807, 2.05) is 0 Å². The molecule has 0 bridgehead atoms. The molecule has 0 N–H and O–H groups in total. The predicted molar refractivity (Wildman–Crippen MR) is 167 cm³/mol. The maximum atomic E-state index is 12.6. The molecule has 0 amide bonds. The number of ether oxygens (including phenoxy) is 2. The molecule has 232 valence electrons. The van der Waals surface area contributed by atoms with Crippen molar-refractivity contribution in [3.05, 3.63) is 0 Å². The van der Waals surface area contributed by atoms with Crippen LogP contribution in [0.15, 0.2) is 0 Å². The van der Waals surface area contributed by atoms with Gasteiger partial charge in [0.1, 0.15) is 0 Å². The first kappa shape index (κ1) is 37.9. The van der Waals surface area contributed by atoms with Gasteiger partial charge in [0, 0.05) is 6.42 Å². The molecule has 0 aromatic rings. The SMILES string of the molecule is CCCCCCOC(=O)CCCCCCCCCCCCCCCC(CC)C(CC)C(=O)OCCCCCC. The molecular weight excluding hydrogens is 484 g/mol. The highest BCUT2D eigenvalue weighted by Crippen LogP contribution is 2.27. The van der Waals surface area contributed by atoms with E-state index in [2.05, 4.69) is 27.7 Å². The van der Waals surface area contributed by atoms with Gasteiger partial charge in [0.05, 0.1) is 19.1 Å². The summed E-state index contributed by atoms with van der Waals surface area (Å²) in [6, 6.07) is 0. The molecule has 0 aliphatic rings. The smallest absolute Gasteiger partial charge is 0.309 e. The summed E-state index contributed by atoms with van der Waals surface area (Å²) >= 11 is 0. The van der Waals surface area contributed by atoms with Gasteiger partial charge in [0.2, 0.25) is 0 Å². The van der Waals surface area contributed by atoms with Crippen molar-refractivity contribution in [1.29, 1.82) is 0 Å². The number of rotatable bonds is 30. The van der Waals surface area contributed by atoms with E-state index >= 15 is 0 Å². The molecule has 0 spiro atoms. The summed E-state index contributed by atoms with van der Waals surface area (Å²) in [5.74, 6) is 0.610. The Morgan fingerprint density at radius 2 is 0.923 bits per heavy atom. The molecule has 0 radical (unpaired) electrons. The Balaban J connectivity index is 3.57. The minimum absolute atomic E-state index is 0.00460. The van der Waals surface area contributed by atoms with Gasteiger partial charge in [-0.25, -0.2) is 0 Å². The molecule has 39 heavy (non-hydrogen) atoms. The van der Waals surface area contributed by atoms with E-state index in [0.717, 1.165) is 44.9 Å². The Hall–Kier alpha value is -1.06. The van der Waals surface area contributed by atoms with Crippen LogP contribution in [-0.4, -0.2) is 25.2 Å². The Bertz CT molecular complexity index is 533. The van der Waals surface area contributed by atoms with Crippen LogP contribution < -0.4 is 0 Å². The second-order valence-corrected chi connectivity index (χ2v) is 11.8. The lowest BCUT2D eigenvalue weighted by atomic mass is 9.84. The van der Waals surface area contributed by atoms with Gasteiger partial charge in [-0.3, -0.25) is 9.59 Å². The third-order valence-corrected chi connectivity index (χ3v) is 8.29. The summed E-state index contributed by atoms with van der Waals surface area (Å²) in [7, 11) is 0. The number of unbranched alkanes of at least 4 members (excludes halogenated alkanes) is 18. The topological polar surface area (TPSA) is 52.6 Å². The Kier molecular flexibility index (Phi) is 29.1. The average Bonchev–Trinajstić information content (AvgIpc) is 2.94. The van der Waals surface area contributed by atoms with Gasteiger partial charge in [-0.1, -0.05) is 150 Å². The van der Waals surface area contributed by atoms with E-state index in [-0.39, 0.29) is 17.9 Å². The maximum Gasteiger partial charge on any atom is 0.309 e. The van der Waals surface area contributed by atoms with E-state index in [1.54, 1.807) is 0 Å². The minimum atomic E-state index is -0.00460. The Labute approximate surface area is 244 Å². The first-order valence-electron chi connectivity index (χ1n) is 17.4. The van der Waals surface area contributed by atoms with Crippen LogP contribution in [0.1, 0.15) is 188 Å². The van der Waals surface area contributed by atoms with Crippen LogP contribution in [0.2, 0.25) is 0 Å². The first-order valence-corrected chi connectivity index (χ1v) is 17.4. The average molecular weight is 553 g/mol. The van der Waals surface area contributed by atoms with Crippen LogP contribution in [0.4, 0.5) is 0 Å². The van der Waals surface area contributed by atoms with Crippen molar-refractivity contribution >= 4 is 11.9 Å². The summed E-state index contributed by atoms with van der Waals surface area (Å²) in [5, 5.41) is 0. The molecule has 0 saturated heterocycles. The Morgan fingerprint density at radius 1 is 0.487 bits per heavy atom. The zero-order chi connectivity index (χ0) is 28.8. The summed E-state index contributed by atoms with van der Waals surface area (Å²) in [6.07, 6.45) is 29.7. The standard InChI is InChI=1S/C35H68O4/c1-5-9-11-26-30-38-34(36)29-25-23-21-19-17-15-13-14-16-18-20-22-24-28-32(7-3)33(8-4)35(37)39-31-27-12-10-6-2/h32-33H,5-31H2,1-4H3. The number of carbonyl (C=O) groups excluding carboxylic acids is 2. The van der Waals surface area contributed by atoms with Crippen LogP contribution in [0.25, 0.3) is 0 Å². The van der Waals surface area contributed by atoms with Crippen LogP contribution in [0, 0.1) is 11.8 Å². The highest BCUT2D eigenvalue weighted by atomic mass is 16.5. The number of hydrogen-bond donors (Lipinski definition) is 0. The summed E-state index contributed by atoms with van der Waals surface area (Å²) < 4.78 is 10.9. The van der Waals surface area contributed by atoms with Crippen molar-refractivity contribution in [2.24, 2.45) is 11.8 Å². The zero-order valence-electron chi connectivity index (χ0n) is 26.9. The third kappa shape index (κ3) is 24.5. The highest BCUT2D eigenvalue weighted by molar-refractivity contribution is 5.72. The van der Waals surface area contributed by atoms with Gasteiger partial charge in [0.15, 0.2) is 0 Å². The molecule has 2 atom stereocenters. The van der Waals surface area contributed by atoms with Gasteiger partial charge in [-0.05, 0) is 38.0 Å². The van der Waals surface area contributed by atoms with Gasteiger partial charge in [-0.15, -0.1) is 0 Å². The molecule has 0 saturated carbocycles. The molecule has 0 aromatic heterocycles. The monoisotopic (exact) mass is 553 g/mol. The number of esters is 2. The van der Waals surface area contributed by atoms with Gasteiger partial charge >= 0.3 is 11.9 Å². The fraction of sp³-hybridized carbons (Fsp3) is 0.943. The second kappa shape index (κ2) is 29.9. The molecule has 0 fully saturated rings. The molecule has 0 rings (SSSR count). The van der Waals surface area contributed by atoms with Gasteiger partial charge in [0.25, 0.3) is 0 Å². The number of carbonyl (C=O) groups is 2. The van der Waals surface area contributed by atoms with Crippen molar-refractivity contribution in [2.75, 3.05) is 13.2 Å². The van der Waals surface area contributed by atoms with Crippen LogP contribution in [-0.2, 0) is 19.1 Å². The lowest BCUT2D eigenvalue weighted by Gasteiger charge is -2.23. The molecule has 0 aliphatic heterocycles. The van der Waals surface area contributed by atoms with E-state index in [1.165, 1.54) is 109 Å². The first-order chi connectivity index (χ1) is 19.1. The van der Waals surface area contributed by atoms with Crippen molar-refractivity contribution < 1.29 is 19.1 Å². The fourth-order valence-electron chi connectivity index (χ4n) is 5.60. The molecule has 0 aliphatic carbocycles. The number of hydrogen-bond acceptors (Lipinski definition) is 4. The highest BCUT2D eigenvalue weighted by Gasteiger charge is 2.26. The largest absolute Gasteiger partial charge is 0.466 e. The molecule has 2 unspecified atom stereocenters. The summed E-state index contributed by atoms with van der Waals surface area (Å²) in [4.78, 5) is 24.3. The van der Waals surface area contributed by atoms with Crippen molar-refractivity contribution in [1.82, 2.24) is 0 Å². The van der Waals surface area contributed by atoms with Gasteiger partial charge in [-0.2, -0.15) is 0 Å². The summed E-state index contributed by atoms with van der Waals surface area (Å²) in [5.41, 5.74) is 0. The lowest BCUT2D eigenvalue weighted by molar-refractivity contribution is -0.151.